The van der Waals surface area contributed by atoms with Crippen molar-refractivity contribution in [1.29, 1.82) is 0 Å². The van der Waals surface area contributed by atoms with Gasteiger partial charge in [-0.1, -0.05) is 23.5 Å². The van der Waals surface area contributed by atoms with Crippen LogP contribution >= 0.6 is 11.3 Å². The topological polar surface area (TPSA) is 59.5 Å². The molecule has 2 rings (SSSR count). The van der Waals surface area contributed by atoms with E-state index in [1.165, 1.54) is 24.1 Å². The molecule has 25 heavy (non-hydrogen) atoms. The highest BCUT2D eigenvalue weighted by atomic mass is 32.1. The van der Waals surface area contributed by atoms with Gasteiger partial charge in [-0.2, -0.15) is 0 Å². The van der Waals surface area contributed by atoms with Crippen LogP contribution in [0.3, 0.4) is 0 Å². The van der Waals surface area contributed by atoms with Crippen molar-refractivity contribution in [2.24, 2.45) is 0 Å². The van der Waals surface area contributed by atoms with E-state index in [-0.39, 0.29) is 30.9 Å². The van der Waals surface area contributed by atoms with Crippen LogP contribution in [-0.4, -0.2) is 30.5 Å². The fourth-order valence-corrected chi connectivity index (χ4v) is 3.11. The average Bonchev–Trinajstić information content (AvgIpc) is 2.97. The lowest BCUT2D eigenvalue weighted by molar-refractivity contribution is -0.118. The Bertz CT molecular complexity index is 792. The Kier molecular flexibility index (Phi) is 6.19. The average molecular weight is 368 g/mol. The summed E-state index contributed by atoms with van der Waals surface area (Å²) in [5.74, 6) is -2.67. The Labute approximate surface area is 148 Å². The number of anilines is 1. The van der Waals surface area contributed by atoms with E-state index in [4.69, 9.17) is 4.74 Å². The molecule has 1 amide bonds. The molecule has 0 bridgehead atoms. The van der Waals surface area contributed by atoms with Gasteiger partial charge >= 0.3 is 5.97 Å². The molecule has 0 saturated carbocycles. The summed E-state index contributed by atoms with van der Waals surface area (Å²) in [7, 11) is 1.53. The van der Waals surface area contributed by atoms with Gasteiger partial charge in [-0.05, 0) is 31.9 Å². The molecule has 0 aliphatic carbocycles. The first kappa shape index (κ1) is 19.0. The molecule has 1 aromatic heterocycles. The minimum absolute atomic E-state index is 0.00968. The molecule has 0 radical (unpaired) electrons. The van der Waals surface area contributed by atoms with E-state index in [9.17, 15) is 18.4 Å². The molecule has 134 valence electrons. The molecule has 0 N–H and O–H groups in total. The Morgan fingerprint density at radius 3 is 2.72 bits per heavy atom. The Morgan fingerprint density at radius 1 is 1.32 bits per heavy atom. The van der Waals surface area contributed by atoms with Crippen molar-refractivity contribution >= 4 is 28.3 Å². The second-order valence-electron chi connectivity index (χ2n) is 5.30. The van der Waals surface area contributed by atoms with E-state index in [1.807, 2.05) is 0 Å². The summed E-state index contributed by atoms with van der Waals surface area (Å²) in [5.41, 5.74) is 0.624. The number of amides is 1. The van der Waals surface area contributed by atoms with Gasteiger partial charge in [0, 0.05) is 13.5 Å². The number of benzene rings is 1. The molecule has 8 heteroatoms. The SMILES string of the molecule is CCOC(=O)c1sc(N(C)C(=O)CCc2cccc(F)c2F)nc1C. The summed E-state index contributed by atoms with van der Waals surface area (Å²) >= 11 is 1.06. The molecule has 0 atom stereocenters. The zero-order valence-electron chi connectivity index (χ0n) is 14.1. The number of hydrogen-bond acceptors (Lipinski definition) is 5. The van der Waals surface area contributed by atoms with Gasteiger partial charge in [0.25, 0.3) is 0 Å². The van der Waals surface area contributed by atoms with E-state index in [0.29, 0.717) is 15.7 Å². The van der Waals surface area contributed by atoms with Crippen LogP contribution in [0.1, 0.15) is 34.3 Å². The summed E-state index contributed by atoms with van der Waals surface area (Å²) in [6, 6.07) is 3.87. The molecular weight excluding hydrogens is 350 g/mol. The highest BCUT2D eigenvalue weighted by Crippen LogP contribution is 2.26. The quantitative estimate of drug-likeness (QED) is 0.732. The molecule has 0 spiro atoms. The van der Waals surface area contributed by atoms with E-state index in [0.717, 1.165) is 17.4 Å². The predicted molar refractivity (Wildman–Crippen MR) is 90.9 cm³/mol. The number of carbonyl (C=O) groups is 2. The third-order valence-electron chi connectivity index (χ3n) is 3.55. The zero-order chi connectivity index (χ0) is 18.6. The number of hydrogen-bond donors (Lipinski definition) is 0. The number of esters is 1. The molecular formula is C17H18F2N2O3S. The molecule has 1 heterocycles. The van der Waals surface area contributed by atoms with Gasteiger partial charge in [0.05, 0.1) is 12.3 Å². The van der Waals surface area contributed by atoms with Crippen LogP contribution in [-0.2, 0) is 16.0 Å². The lowest BCUT2D eigenvalue weighted by Crippen LogP contribution is -2.26. The van der Waals surface area contributed by atoms with Crippen LogP contribution in [0.2, 0.25) is 0 Å². The van der Waals surface area contributed by atoms with Gasteiger partial charge in [-0.3, -0.25) is 9.69 Å². The van der Waals surface area contributed by atoms with Gasteiger partial charge in [-0.25, -0.2) is 18.6 Å². The van der Waals surface area contributed by atoms with E-state index in [1.54, 1.807) is 13.8 Å². The monoisotopic (exact) mass is 368 g/mol. The number of thiazole rings is 1. The van der Waals surface area contributed by atoms with E-state index < -0.39 is 17.6 Å². The van der Waals surface area contributed by atoms with Crippen LogP contribution in [0.25, 0.3) is 0 Å². The van der Waals surface area contributed by atoms with Crippen molar-refractivity contribution in [1.82, 2.24) is 4.98 Å². The molecule has 5 nitrogen and oxygen atoms in total. The number of carbonyl (C=O) groups excluding carboxylic acids is 2. The fourth-order valence-electron chi connectivity index (χ4n) is 2.17. The van der Waals surface area contributed by atoms with Crippen LogP contribution in [0, 0.1) is 18.6 Å². The highest BCUT2D eigenvalue weighted by Gasteiger charge is 2.21. The standard InChI is InChI=1S/C17H18F2N2O3S/c1-4-24-16(23)15-10(2)20-17(25-15)21(3)13(22)9-8-11-6-5-7-12(18)14(11)19/h5-7H,4,8-9H2,1-3H3. The fraction of sp³-hybridized carbons (Fsp3) is 0.353. The third-order valence-corrected chi connectivity index (χ3v) is 4.76. The normalized spacial score (nSPS) is 10.6. The predicted octanol–water partition coefficient (Wildman–Crippen LogP) is 3.50. The van der Waals surface area contributed by atoms with Crippen molar-refractivity contribution in [3.8, 4) is 0 Å². The maximum absolute atomic E-state index is 13.6. The van der Waals surface area contributed by atoms with Crippen molar-refractivity contribution in [3.63, 3.8) is 0 Å². The van der Waals surface area contributed by atoms with Crippen LogP contribution in [0.15, 0.2) is 18.2 Å². The molecule has 2 aromatic rings. The Hall–Kier alpha value is -2.35. The maximum atomic E-state index is 13.6. The van der Waals surface area contributed by atoms with Crippen LogP contribution < -0.4 is 4.90 Å². The van der Waals surface area contributed by atoms with Crippen molar-refractivity contribution in [2.45, 2.75) is 26.7 Å². The van der Waals surface area contributed by atoms with Gasteiger partial charge < -0.3 is 4.74 Å². The van der Waals surface area contributed by atoms with Gasteiger partial charge in [0.15, 0.2) is 16.8 Å². The number of halogens is 2. The molecule has 0 saturated heterocycles. The van der Waals surface area contributed by atoms with Crippen molar-refractivity contribution < 1.29 is 23.1 Å². The maximum Gasteiger partial charge on any atom is 0.350 e. The van der Waals surface area contributed by atoms with Crippen LogP contribution in [0.4, 0.5) is 13.9 Å². The number of aromatic nitrogens is 1. The molecule has 0 fully saturated rings. The molecule has 0 unspecified atom stereocenters. The lowest BCUT2D eigenvalue weighted by atomic mass is 10.1. The second kappa shape index (κ2) is 8.15. The van der Waals surface area contributed by atoms with E-state index >= 15 is 0 Å². The zero-order valence-corrected chi connectivity index (χ0v) is 15.0. The smallest absolute Gasteiger partial charge is 0.350 e. The lowest BCUT2D eigenvalue weighted by Gasteiger charge is -2.13. The van der Waals surface area contributed by atoms with Crippen LogP contribution in [0.5, 0.6) is 0 Å². The molecule has 1 aromatic carbocycles. The Balaban J connectivity index is 2.06. The number of rotatable bonds is 6. The first-order chi connectivity index (χ1) is 11.8. The summed E-state index contributed by atoms with van der Waals surface area (Å²) in [6.07, 6.45) is 0.0616. The number of aryl methyl sites for hydroxylation is 2. The van der Waals surface area contributed by atoms with Crippen molar-refractivity contribution in [2.75, 3.05) is 18.6 Å². The van der Waals surface area contributed by atoms with E-state index in [2.05, 4.69) is 4.98 Å². The summed E-state index contributed by atoms with van der Waals surface area (Å²) in [6.45, 7) is 3.61. The van der Waals surface area contributed by atoms with Gasteiger partial charge in [0.1, 0.15) is 4.88 Å². The molecule has 0 aliphatic heterocycles. The van der Waals surface area contributed by atoms with Gasteiger partial charge in [-0.15, -0.1) is 0 Å². The first-order valence-corrected chi connectivity index (χ1v) is 8.50. The van der Waals surface area contributed by atoms with Gasteiger partial charge in [0.2, 0.25) is 5.91 Å². The Morgan fingerprint density at radius 2 is 2.04 bits per heavy atom. The minimum Gasteiger partial charge on any atom is -0.462 e. The first-order valence-electron chi connectivity index (χ1n) is 7.69. The summed E-state index contributed by atoms with van der Waals surface area (Å²) < 4.78 is 31.8. The number of nitrogens with zero attached hydrogens (tertiary/aromatic N) is 2. The summed E-state index contributed by atoms with van der Waals surface area (Å²) in [5, 5.41) is 0.352. The largest absolute Gasteiger partial charge is 0.462 e. The summed E-state index contributed by atoms with van der Waals surface area (Å²) in [4.78, 5) is 30.0. The number of ether oxygens (including phenoxy) is 1. The third kappa shape index (κ3) is 4.39. The second-order valence-corrected chi connectivity index (χ2v) is 6.27. The highest BCUT2D eigenvalue weighted by molar-refractivity contribution is 7.17. The molecule has 0 aliphatic rings. The van der Waals surface area contributed by atoms with Crippen molar-refractivity contribution in [3.05, 3.63) is 46.0 Å². The minimum atomic E-state index is -0.937.